The Hall–Kier alpha value is -0.910. The second-order valence-corrected chi connectivity index (χ2v) is 7.57. The Kier molecular flexibility index (Phi) is 6.84. The van der Waals surface area contributed by atoms with Gasteiger partial charge in [-0.2, -0.15) is 0 Å². The van der Waals surface area contributed by atoms with Crippen LogP contribution in [0.5, 0.6) is 5.75 Å². The third kappa shape index (κ3) is 4.38. The maximum atomic E-state index is 12.6. The van der Waals surface area contributed by atoms with Crippen molar-refractivity contribution in [2.75, 3.05) is 32.4 Å². The van der Waals surface area contributed by atoms with E-state index < -0.39 is 6.10 Å². The smallest absolute Gasteiger partial charge is 0.263 e. The molecule has 2 fully saturated rings. The van der Waals surface area contributed by atoms with Crippen molar-refractivity contribution in [1.82, 2.24) is 10.2 Å². The van der Waals surface area contributed by atoms with E-state index in [2.05, 4.69) is 5.32 Å². The molecule has 0 aromatic heterocycles. The quantitative estimate of drug-likeness (QED) is 0.826. The molecule has 1 unspecified atom stereocenters. The summed E-state index contributed by atoms with van der Waals surface area (Å²) in [6, 6.07) is 7.92. The minimum atomic E-state index is -0.425. The summed E-state index contributed by atoms with van der Waals surface area (Å²) in [5.41, 5.74) is 0.439. The van der Waals surface area contributed by atoms with Crippen LogP contribution in [-0.2, 0) is 4.79 Å². The van der Waals surface area contributed by atoms with Crippen molar-refractivity contribution in [3.63, 3.8) is 0 Å². The highest BCUT2D eigenvalue weighted by atomic mass is 35.5. The number of likely N-dealkylation sites (tertiary alicyclic amines) is 1. The first-order chi connectivity index (χ1) is 11.1. The lowest BCUT2D eigenvalue weighted by molar-refractivity contribution is -0.140. The van der Waals surface area contributed by atoms with Crippen LogP contribution in [0.25, 0.3) is 0 Å². The summed E-state index contributed by atoms with van der Waals surface area (Å²) in [6.45, 7) is 5.81. The van der Waals surface area contributed by atoms with Gasteiger partial charge in [0.05, 0.1) is 0 Å². The number of halogens is 1. The zero-order valence-electron chi connectivity index (χ0n) is 14.4. The molecule has 1 N–H and O–H groups in total. The van der Waals surface area contributed by atoms with E-state index >= 15 is 0 Å². The summed E-state index contributed by atoms with van der Waals surface area (Å²) in [5, 5.41) is 3.46. The van der Waals surface area contributed by atoms with Crippen LogP contribution >= 0.6 is 24.2 Å². The summed E-state index contributed by atoms with van der Waals surface area (Å²) in [6.07, 6.45) is 5.10. The van der Waals surface area contributed by atoms with Crippen molar-refractivity contribution in [2.45, 2.75) is 37.2 Å². The monoisotopic (exact) mass is 370 g/mol. The second-order valence-electron chi connectivity index (χ2n) is 6.69. The number of nitrogens with one attached hydrogen (secondary N) is 1. The van der Waals surface area contributed by atoms with Gasteiger partial charge in [0, 0.05) is 24.5 Å². The summed E-state index contributed by atoms with van der Waals surface area (Å²) < 4.78 is 5.83. The molecule has 1 aromatic carbocycles. The number of rotatable bonds is 4. The van der Waals surface area contributed by atoms with E-state index in [-0.39, 0.29) is 18.3 Å². The molecule has 6 heteroatoms. The first kappa shape index (κ1) is 19.4. The highest BCUT2D eigenvalue weighted by molar-refractivity contribution is 7.98. The molecule has 134 valence electrons. The normalized spacial score (nSPS) is 20.5. The predicted octanol–water partition coefficient (Wildman–Crippen LogP) is 3.20. The molecule has 1 atom stereocenters. The van der Waals surface area contributed by atoms with Gasteiger partial charge < -0.3 is 15.0 Å². The molecule has 2 saturated heterocycles. The Bertz CT molecular complexity index is 536. The minimum Gasteiger partial charge on any atom is -0.481 e. The fourth-order valence-corrected chi connectivity index (χ4v) is 4.00. The number of piperidine rings is 1. The third-order valence-corrected chi connectivity index (χ3v) is 5.93. The third-order valence-electron chi connectivity index (χ3n) is 5.19. The molecule has 0 radical (unpaired) electrons. The van der Waals surface area contributed by atoms with Crippen LogP contribution in [0.4, 0.5) is 0 Å². The molecule has 1 amide bonds. The van der Waals surface area contributed by atoms with E-state index in [4.69, 9.17) is 4.74 Å². The molecule has 2 aliphatic rings. The number of ether oxygens (including phenoxy) is 1. The highest BCUT2D eigenvalue weighted by Gasteiger charge is 2.38. The molecular weight excluding hydrogens is 344 g/mol. The van der Waals surface area contributed by atoms with Crippen LogP contribution in [0.1, 0.15) is 26.2 Å². The van der Waals surface area contributed by atoms with E-state index in [1.165, 1.54) is 11.3 Å². The Morgan fingerprint density at radius 2 is 1.92 bits per heavy atom. The van der Waals surface area contributed by atoms with Crippen molar-refractivity contribution in [2.24, 2.45) is 5.41 Å². The average Bonchev–Trinajstić information content (AvgIpc) is 3.03. The number of hydrogen-bond donors (Lipinski definition) is 1. The van der Waals surface area contributed by atoms with Gasteiger partial charge in [-0.25, -0.2) is 0 Å². The Balaban J connectivity index is 0.00000208. The van der Waals surface area contributed by atoms with E-state index in [0.717, 1.165) is 44.8 Å². The number of benzene rings is 1. The second kappa shape index (κ2) is 8.45. The molecule has 0 aliphatic carbocycles. The van der Waals surface area contributed by atoms with E-state index in [1.807, 2.05) is 42.3 Å². The largest absolute Gasteiger partial charge is 0.481 e. The van der Waals surface area contributed by atoms with Gasteiger partial charge >= 0.3 is 0 Å². The zero-order valence-corrected chi connectivity index (χ0v) is 16.0. The molecule has 24 heavy (non-hydrogen) atoms. The van der Waals surface area contributed by atoms with Gasteiger partial charge in [-0.1, -0.05) is 0 Å². The van der Waals surface area contributed by atoms with Crippen molar-refractivity contribution < 1.29 is 9.53 Å². The van der Waals surface area contributed by atoms with Crippen LogP contribution in [0.3, 0.4) is 0 Å². The van der Waals surface area contributed by atoms with Crippen LogP contribution in [0.2, 0.25) is 0 Å². The molecule has 0 saturated carbocycles. The van der Waals surface area contributed by atoms with Crippen molar-refractivity contribution in [1.29, 1.82) is 0 Å². The summed E-state index contributed by atoms with van der Waals surface area (Å²) in [7, 11) is 0. The minimum absolute atomic E-state index is 0. The fraction of sp³-hybridized carbons (Fsp3) is 0.611. The van der Waals surface area contributed by atoms with Crippen molar-refractivity contribution >= 4 is 30.1 Å². The maximum absolute atomic E-state index is 12.6. The number of amides is 1. The van der Waals surface area contributed by atoms with Gasteiger partial charge in [-0.3, -0.25) is 4.79 Å². The Labute approximate surface area is 155 Å². The lowest BCUT2D eigenvalue weighted by Gasteiger charge is -2.39. The SMILES string of the molecule is CSc1ccc(OC(C)C(=O)N2CCC3(CCNC3)CC2)cc1.Cl. The average molecular weight is 371 g/mol. The molecule has 2 aliphatic heterocycles. The van der Waals surface area contributed by atoms with Crippen LogP contribution in [-0.4, -0.2) is 49.3 Å². The summed E-state index contributed by atoms with van der Waals surface area (Å²) in [5.74, 6) is 0.872. The maximum Gasteiger partial charge on any atom is 0.263 e. The standard InChI is InChI=1S/C18H26N2O2S.ClH/c1-14(22-15-3-5-16(23-2)6-4-15)17(21)20-11-8-18(9-12-20)7-10-19-13-18;/h3-6,14,19H,7-13H2,1-2H3;1H. The van der Waals surface area contributed by atoms with Crippen LogP contribution in [0, 0.1) is 5.41 Å². The predicted molar refractivity (Wildman–Crippen MR) is 101 cm³/mol. The van der Waals surface area contributed by atoms with Crippen molar-refractivity contribution in [3.8, 4) is 5.75 Å². The molecule has 2 heterocycles. The van der Waals surface area contributed by atoms with Crippen LogP contribution < -0.4 is 10.1 Å². The molecule has 0 bridgehead atoms. The van der Waals surface area contributed by atoms with E-state index in [1.54, 1.807) is 11.8 Å². The number of carbonyl (C=O) groups is 1. The Morgan fingerprint density at radius 3 is 2.46 bits per heavy atom. The van der Waals surface area contributed by atoms with Gasteiger partial charge in [0.2, 0.25) is 0 Å². The topological polar surface area (TPSA) is 41.6 Å². The lowest BCUT2D eigenvalue weighted by atomic mass is 9.78. The number of nitrogens with zero attached hydrogens (tertiary/aromatic N) is 1. The van der Waals surface area contributed by atoms with E-state index in [9.17, 15) is 4.79 Å². The zero-order chi connectivity index (χ0) is 16.3. The van der Waals surface area contributed by atoms with E-state index in [0.29, 0.717) is 5.41 Å². The molecule has 1 aromatic rings. The number of thioether (sulfide) groups is 1. The fourth-order valence-electron chi connectivity index (χ4n) is 3.59. The van der Waals surface area contributed by atoms with Gasteiger partial charge in [-0.15, -0.1) is 24.2 Å². The first-order valence-corrected chi connectivity index (χ1v) is 9.65. The van der Waals surface area contributed by atoms with Gasteiger partial charge in [-0.05, 0) is 68.7 Å². The highest BCUT2D eigenvalue weighted by Crippen LogP contribution is 2.37. The van der Waals surface area contributed by atoms with Crippen LogP contribution in [0.15, 0.2) is 29.2 Å². The van der Waals surface area contributed by atoms with Gasteiger partial charge in [0.1, 0.15) is 5.75 Å². The Morgan fingerprint density at radius 1 is 1.25 bits per heavy atom. The summed E-state index contributed by atoms with van der Waals surface area (Å²) in [4.78, 5) is 15.8. The molecule has 3 rings (SSSR count). The molecule has 4 nitrogen and oxygen atoms in total. The van der Waals surface area contributed by atoms with Crippen molar-refractivity contribution in [3.05, 3.63) is 24.3 Å². The lowest BCUT2D eigenvalue weighted by Crippen LogP contribution is -2.48. The number of carbonyl (C=O) groups excluding carboxylic acids is 1. The molecular formula is C18H27ClN2O2S. The molecule has 1 spiro atoms. The summed E-state index contributed by atoms with van der Waals surface area (Å²) >= 11 is 1.70. The first-order valence-electron chi connectivity index (χ1n) is 8.42. The number of hydrogen-bond acceptors (Lipinski definition) is 4. The van der Waals surface area contributed by atoms with Gasteiger partial charge in [0.25, 0.3) is 5.91 Å². The van der Waals surface area contributed by atoms with Gasteiger partial charge in [0.15, 0.2) is 6.10 Å².